The molecule has 0 unspecified atom stereocenters. The average molecular weight is 335 g/mol. The summed E-state index contributed by atoms with van der Waals surface area (Å²) in [6.45, 7) is 0.127. The summed E-state index contributed by atoms with van der Waals surface area (Å²) in [6, 6.07) is 11.3. The van der Waals surface area contributed by atoms with Crippen LogP contribution in [0.25, 0.3) is 11.3 Å². The van der Waals surface area contributed by atoms with Crippen molar-refractivity contribution in [1.82, 2.24) is 15.3 Å². The van der Waals surface area contributed by atoms with E-state index >= 15 is 0 Å². The van der Waals surface area contributed by atoms with Crippen LogP contribution in [-0.2, 0) is 19.4 Å². The Labute approximate surface area is 143 Å². The number of amides is 1. The molecular formula is C19H17N3O3. The first-order chi connectivity index (χ1) is 12.2. The monoisotopic (exact) mass is 335 g/mol. The molecule has 0 spiro atoms. The minimum absolute atomic E-state index is 0.127. The Kier molecular flexibility index (Phi) is 3.93. The molecule has 3 aromatic rings. The van der Waals surface area contributed by atoms with Gasteiger partial charge in [0.15, 0.2) is 5.76 Å². The molecule has 2 N–H and O–H groups in total. The number of carbonyl (C=O) groups excluding carboxylic acids is 1. The summed E-state index contributed by atoms with van der Waals surface area (Å²) < 4.78 is 5.65. The molecule has 0 atom stereocenters. The predicted octanol–water partition coefficient (Wildman–Crippen LogP) is 2.45. The van der Waals surface area contributed by atoms with E-state index in [4.69, 9.17) is 4.42 Å². The summed E-state index contributed by atoms with van der Waals surface area (Å²) in [5, 5.41) is 2.70. The normalized spacial score (nSPS) is 12.8. The van der Waals surface area contributed by atoms with Crippen molar-refractivity contribution < 1.29 is 9.21 Å². The van der Waals surface area contributed by atoms with Gasteiger partial charge >= 0.3 is 0 Å². The van der Waals surface area contributed by atoms with Crippen LogP contribution in [0.1, 0.15) is 33.9 Å². The van der Waals surface area contributed by atoms with E-state index in [2.05, 4.69) is 15.3 Å². The second kappa shape index (κ2) is 6.39. The molecule has 1 aliphatic rings. The van der Waals surface area contributed by atoms with Gasteiger partial charge in [-0.3, -0.25) is 9.59 Å². The minimum Gasteiger partial charge on any atom is -0.439 e. The molecule has 0 fully saturated rings. The maximum atomic E-state index is 12.3. The fraction of sp³-hybridized carbons (Fsp3) is 0.211. The van der Waals surface area contributed by atoms with Crippen LogP contribution in [0.3, 0.4) is 0 Å². The number of aromatic nitrogens is 2. The predicted molar refractivity (Wildman–Crippen MR) is 92.2 cm³/mol. The standard InChI is InChI=1S/C19H17N3O3/c23-18(14-9-13-7-4-8-15(13)22-19(14)24)21-11-17-20-10-16(25-17)12-5-2-1-3-6-12/h1-3,5-6,9-10H,4,7-8,11H2,(H,21,23)(H,22,24). The van der Waals surface area contributed by atoms with E-state index in [9.17, 15) is 9.59 Å². The number of aryl methyl sites for hydroxylation is 2. The van der Waals surface area contributed by atoms with Crippen LogP contribution in [0.4, 0.5) is 0 Å². The lowest BCUT2D eigenvalue weighted by Crippen LogP contribution is -2.30. The minimum atomic E-state index is -0.421. The van der Waals surface area contributed by atoms with Gasteiger partial charge in [-0.15, -0.1) is 0 Å². The lowest BCUT2D eigenvalue weighted by Gasteiger charge is -2.05. The highest BCUT2D eigenvalue weighted by atomic mass is 16.4. The Balaban J connectivity index is 1.46. The Morgan fingerprint density at radius 3 is 2.92 bits per heavy atom. The molecule has 0 saturated carbocycles. The molecule has 126 valence electrons. The number of H-pyrrole nitrogens is 1. The fourth-order valence-electron chi connectivity index (χ4n) is 3.06. The van der Waals surface area contributed by atoms with Gasteiger partial charge in [0, 0.05) is 11.3 Å². The van der Waals surface area contributed by atoms with Gasteiger partial charge in [-0.05, 0) is 30.9 Å². The first kappa shape index (κ1) is 15.4. The number of pyridine rings is 1. The van der Waals surface area contributed by atoms with Crippen LogP contribution in [0.2, 0.25) is 0 Å². The summed E-state index contributed by atoms with van der Waals surface area (Å²) >= 11 is 0. The Morgan fingerprint density at radius 1 is 1.24 bits per heavy atom. The van der Waals surface area contributed by atoms with Gasteiger partial charge in [0.05, 0.1) is 12.7 Å². The molecule has 1 amide bonds. The number of oxazole rings is 1. The van der Waals surface area contributed by atoms with Crippen LogP contribution in [0, 0.1) is 0 Å². The Morgan fingerprint density at radius 2 is 2.08 bits per heavy atom. The number of fused-ring (bicyclic) bond motifs is 1. The van der Waals surface area contributed by atoms with Gasteiger partial charge < -0.3 is 14.7 Å². The summed E-state index contributed by atoms with van der Waals surface area (Å²) in [5.41, 5.74) is 2.70. The van der Waals surface area contributed by atoms with Crippen molar-refractivity contribution in [3.63, 3.8) is 0 Å². The van der Waals surface area contributed by atoms with Gasteiger partial charge in [-0.25, -0.2) is 4.98 Å². The SMILES string of the molecule is O=C(NCc1ncc(-c2ccccc2)o1)c1cc2c([nH]c1=O)CCC2. The third kappa shape index (κ3) is 3.10. The van der Waals surface area contributed by atoms with Crippen molar-refractivity contribution in [2.24, 2.45) is 0 Å². The molecule has 0 aliphatic heterocycles. The van der Waals surface area contributed by atoms with Crippen LogP contribution in [-0.4, -0.2) is 15.9 Å². The number of nitrogens with zero attached hydrogens (tertiary/aromatic N) is 1. The maximum Gasteiger partial charge on any atom is 0.261 e. The van der Waals surface area contributed by atoms with Crippen LogP contribution in [0.5, 0.6) is 0 Å². The van der Waals surface area contributed by atoms with Crippen LogP contribution in [0.15, 0.2) is 51.8 Å². The molecule has 1 aromatic carbocycles. The fourth-order valence-corrected chi connectivity index (χ4v) is 3.06. The number of carbonyl (C=O) groups is 1. The molecule has 0 saturated heterocycles. The highest BCUT2D eigenvalue weighted by molar-refractivity contribution is 5.94. The van der Waals surface area contributed by atoms with Gasteiger partial charge in [0.1, 0.15) is 5.56 Å². The van der Waals surface area contributed by atoms with E-state index in [1.807, 2.05) is 30.3 Å². The van der Waals surface area contributed by atoms with Crippen molar-refractivity contribution >= 4 is 5.91 Å². The number of hydrogen-bond donors (Lipinski definition) is 2. The highest BCUT2D eigenvalue weighted by Crippen LogP contribution is 2.20. The smallest absolute Gasteiger partial charge is 0.261 e. The quantitative estimate of drug-likeness (QED) is 0.766. The molecular weight excluding hydrogens is 318 g/mol. The zero-order valence-electron chi connectivity index (χ0n) is 13.5. The highest BCUT2D eigenvalue weighted by Gasteiger charge is 2.18. The van der Waals surface area contributed by atoms with E-state index in [0.29, 0.717) is 11.7 Å². The molecule has 2 aromatic heterocycles. The first-order valence-corrected chi connectivity index (χ1v) is 8.24. The largest absolute Gasteiger partial charge is 0.439 e. The van der Waals surface area contributed by atoms with E-state index < -0.39 is 5.91 Å². The van der Waals surface area contributed by atoms with Crippen LogP contribution < -0.4 is 10.9 Å². The molecule has 6 nitrogen and oxygen atoms in total. The lowest BCUT2D eigenvalue weighted by atomic mass is 10.1. The average Bonchev–Trinajstić information content (AvgIpc) is 3.28. The van der Waals surface area contributed by atoms with Crippen LogP contribution >= 0.6 is 0 Å². The van der Waals surface area contributed by atoms with Gasteiger partial charge in [-0.1, -0.05) is 30.3 Å². The number of rotatable bonds is 4. The zero-order chi connectivity index (χ0) is 17.2. The van der Waals surface area contributed by atoms with E-state index in [1.54, 1.807) is 12.3 Å². The molecule has 0 radical (unpaired) electrons. The van der Waals surface area contributed by atoms with Crippen molar-refractivity contribution in [2.45, 2.75) is 25.8 Å². The van der Waals surface area contributed by atoms with Crippen molar-refractivity contribution in [1.29, 1.82) is 0 Å². The third-order valence-electron chi connectivity index (χ3n) is 4.34. The van der Waals surface area contributed by atoms with Gasteiger partial charge in [0.2, 0.25) is 5.89 Å². The number of aromatic amines is 1. The molecule has 6 heteroatoms. The number of benzene rings is 1. The molecule has 25 heavy (non-hydrogen) atoms. The summed E-state index contributed by atoms with van der Waals surface area (Å²) in [6.07, 6.45) is 4.39. The molecule has 0 bridgehead atoms. The Hall–Kier alpha value is -3.15. The number of nitrogens with one attached hydrogen (secondary N) is 2. The van der Waals surface area contributed by atoms with Crippen molar-refractivity contribution in [2.75, 3.05) is 0 Å². The van der Waals surface area contributed by atoms with Gasteiger partial charge in [0.25, 0.3) is 11.5 Å². The molecule has 4 rings (SSSR count). The summed E-state index contributed by atoms with van der Waals surface area (Å²) in [7, 11) is 0. The molecule has 1 aliphatic carbocycles. The van der Waals surface area contributed by atoms with E-state index in [-0.39, 0.29) is 17.7 Å². The van der Waals surface area contributed by atoms with E-state index in [0.717, 1.165) is 36.1 Å². The van der Waals surface area contributed by atoms with Gasteiger partial charge in [-0.2, -0.15) is 0 Å². The zero-order valence-corrected chi connectivity index (χ0v) is 13.5. The van der Waals surface area contributed by atoms with Crippen molar-refractivity contribution in [3.8, 4) is 11.3 Å². The second-order valence-corrected chi connectivity index (χ2v) is 6.04. The molecule has 2 heterocycles. The van der Waals surface area contributed by atoms with E-state index in [1.165, 1.54) is 0 Å². The topological polar surface area (TPSA) is 88.0 Å². The summed E-state index contributed by atoms with van der Waals surface area (Å²) in [4.78, 5) is 31.4. The lowest BCUT2D eigenvalue weighted by molar-refractivity contribution is 0.0945. The summed E-state index contributed by atoms with van der Waals surface area (Å²) in [5.74, 6) is 0.612. The first-order valence-electron chi connectivity index (χ1n) is 8.24. The Bertz CT molecular complexity index is 973. The maximum absolute atomic E-state index is 12.3. The third-order valence-corrected chi connectivity index (χ3v) is 4.34. The van der Waals surface area contributed by atoms with Crippen molar-refractivity contribution in [3.05, 3.63) is 75.7 Å². The number of hydrogen-bond acceptors (Lipinski definition) is 4. The second-order valence-electron chi connectivity index (χ2n) is 6.04.